The second kappa shape index (κ2) is 37.2. The molecule has 25 nitrogen and oxygen atoms in total. The van der Waals surface area contributed by atoms with E-state index in [0.717, 1.165) is 21.1 Å². The van der Waals surface area contributed by atoms with Gasteiger partial charge >= 0.3 is 0 Å². The minimum atomic E-state index is -1.68. The van der Waals surface area contributed by atoms with Crippen molar-refractivity contribution in [1.29, 1.82) is 0 Å². The summed E-state index contributed by atoms with van der Waals surface area (Å²) in [6.07, 6.45) is 0.212. The lowest BCUT2D eigenvalue weighted by atomic mass is 9.97. The normalized spacial score (nSPS) is 25.6. The monoisotopic (exact) mass is 1360 g/mol. The van der Waals surface area contributed by atoms with Gasteiger partial charge < -0.3 is 65.6 Å². The number of aliphatic hydroxyl groups is 1. The Kier molecular flexibility index (Phi) is 31.3. The molecule has 0 unspecified atom stereocenters. The van der Waals surface area contributed by atoms with E-state index in [1.165, 1.54) is 89.7 Å². The molecule has 12 amide bonds. The van der Waals surface area contributed by atoms with Crippen molar-refractivity contribution in [2.24, 2.45) is 23.7 Å². The molecule has 2 heterocycles. The van der Waals surface area contributed by atoms with Crippen molar-refractivity contribution in [1.82, 2.24) is 60.5 Å². The molecule has 2 aromatic rings. The summed E-state index contributed by atoms with van der Waals surface area (Å²) >= 11 is 6.46. The van der Waals surface area contributed by atoms with Crippen molar-refractivity contribution >= 4 is 82.5 Å². The molecule has 0 aliphatic carbocycles. The number of likely N-dealkylation sites (tertiary alicyclic amines) is 1. The van der Waals surface area contributed by atoms with Crippen LogP contribution in [0.5, 0.6) is 0 Å². The first-order valence-corrected chi connectivity index (χ1v) is 34.1. The SMILES string of the molecule is CC(C)C[C@@H]1NC(=O)[C@H](C)N(C)C(=O)C[C@@H](C(=O)N2CCCCC2)NC(=O)[C@H](CC(C)C)N(C)C(=O)CN(C)C(=O)[C@H]([C@@H](C)O)NC(=O)[C@H](CC(C)C)N(C)C(=O)[C@H](Cc2cccc(Cl)c2)N(C)C(=O)[C@H](C)NC(=O)[C@H](Cc2ccccc2)N(C)C(=O)[C@H](CC(C)C)N(C)C1=O. The number of carbonyl (C=O) groups is 12. The van der Waals surface area contributed by atoms with Gasteiger partial charge in [-0.2, -0.15) is 0 Å². The van der Waals surface area contributed by atoms with Crippen LogP contribution >= 0.6 is 11.6 Å². The number of aliphatic hydroxyl groups excluding tert-OH is 1. The van der Waals surface area contributed by atoms with Crippen molar-refractivity contribution in [2.75, 3.05) is 69.0 Å². The second-order valence-corrected chi connectivity index (χ2v) is 28.4. The van der Waals surface area contributed by atoms with Crippen molar-refractivity contribution in [3.8, 4) is 0 Å². The summed E-state index contributed by atoms with van der Waals surface area (Å²) in [5, 5.41) is 22.6. The van der Waals surface area contributed by atoms with Crippen LogP contribution in [0.25, 0.3) is 0 Å². The van der Waals surface area contributed by atoms with Crippen LogP contribution in [0.15, 0.2) is 54.6 Å². The van der Waals surface area contributed by atoms with Gasteiger partial charge in [0.15, 0.2) is 0 Å². The number of hydrogen-bond acceptors (Lipinski definition) is 13. The van der Waals surface area contributed by atoms with Gasteiger partial charge in [0.1, 0.15) is 60.4 Å². The molecule has 96 heavy (non-hydrogen) atoms. The second-order valence-electron chi connectivity index (χ2n) is 28.0. The molecule has 534 valence electrons. The minimum Gasteiger partial charge on any atom is -0.391 e. The van der Waals surface area contributed by atoms with Gasteiger partial charge in [-0.1, -0.05) is 109 Å². The molecular formula is C70H109ClN12O13. The molecule has 2 aliphatic rings. The molecule has 5 N–H and O–H groups in total. The Labute approximate surface area is 573 Å². The van der Waals surface area contributed by atoms with Gasteiger partial charge in [-0.25, -0.2) is 0 Å². The molecule has 0 bridgehead atoms. The van der Waals surface area contributed by atoms with Crippen LogP contribution in [-0.2, 0) is 70.4 Å². The van der Waals surface area contributed by atoms with E-state index >= 15 is 14.4 Å². The Morgan fingerprint density at radius 1 is 0.490 bits per heavy atom. The summed E-state index contributed by atoms with van der Waals surface area (Å²) in [5.74, 6) is -9.55. The Morgan fingerprint density at radius 3 is 1.52 bits per heavy atom. The quantitative estimate of drug-likeness (QED) is 0.181. The van der Waals surface area contributed by atoms with Gasteiger partial charge in [0.05, 0.1) is 19.1 Å². The molecular weight excluding hydrogens is 1250 g/mol. The molecule has 0 spiro atoms. The van der Waals surface area contributed by atoms with E-state index < -0.39 is 150 Å². The average Bonchev–Trinajstić information content (AvgIpc) is 0.838. The maximum Gasteiger partial charge on any atom is 0.248 e. The number of halogens is 1. The third kappa shape index (κ3) is 22.7. The standard InChI is InChI=1S/C70H109ClN12O13/c1-41(2)32-51-66(92)82(18)56(35-44(7)8)68(94)80(16)55(37-48-26-21-19-22-27-48)62(88)72-45(9)65(91)81(17)57(38-49-28-25-29-50(71)36-49)69(95)79(15)54(34-43(5)6)64(90)75-60(47(11)84)70(96)76(12)40-59(86)78(14)53(33-42(3)4)63(89)74-52(67(93)83-30-23-20-24-31-83)39-58(85)77(13)46(10)61(87)73-51/h19,21-22,25-29,36,41-47,51-57,60,84H,20,23-24,30-35,37-40H2,1-18H3,(H,72,88)(H,73,87)(H,74,89)(H,75,90)/t45-,46-,47+,51-,52-,53-,54-,55-,56-,57-,60-/m0/s1. The highest BCUT2D eigenvalue weighted by molar-refractivity contribution is 6.30. The van der Waals surface area contributed by atoms with E-state index in [1.54, 1.807) is 59.5 Å². The summed E-state index contributed by atoms with van der Waals surface area (Å²) in [6, 6.07) is 2.12. The first kappa shape index (κ1) is 80.8. The predicted octanol–water partition coefficient (Wildman–Crippen LogP) is 3.51. The maximum absolute atomic E-state index is 15.3. The first-order valence-electron chi connectivity index (χ1n) is 33.7. The summed E-state index contributed by atoms with van der Waals surface area (Å²) < 4.78 is 0. The number of piperidine rings is 1. The number of nitrogens with zero attached hydrogens (tertiary/aromatic N) is 8. The Bertz CT molecular complexity index is 3030. The summed E-state index contributed by atoms with van der Waals surface area (Å²) in [4.78, 5) is 187. The molecule has 0 radical (unpaired) electrons. The predicted molar refractivity (Wildman–Crippen MR) is 366 cm³/mol. The molecule has 0 saturated carbocycles. The van der Waals surface area contributed by atoms with Gasteiger partial charge in [0, 0.05) is 80.3 Å². The number of rotatable bonds is 14. The van der Waals surface area contributed by atoms with Crippen molar-refractivity contribution in [3.63, 3.8) is 0 Å². The zero-order valence-corrected chi connectivity index (χ0v) is 60.6. The van der Waals surface area contributed by atoms with Gasteiger partial charge in [-0.3, -0.25) is 57.5 Å². The lowest BCUT2D eigenvalue weighted by molar-refractivity contribution is -0.151. The number of likely N-dealkylation sites (N-methyl/N-ethyl adjacent to an activating group) is 7. The van der Waals surface area contributed by atoms with E-state index in [4.69, 9.17) is 11.6 Å². The van der Waals surface area contributed by atoms with Crippen molar-refractivity contribution < 1.29 is 62.6 Å². The van der Waals surface area contributed by atoms with Gasteiger partial charge in [0.2, 0.25) is 70.9 Å². The fourth-order valence-corrected chi connectivity index (χ4v) is 12.3. The van der Waals surface area contributed by atoms with Gasteiger partial charge in [-0.15, -0.1) is 0 Å². The Balaban J connectivity index is 1.93. The van der Waals surface area contributed by atoms with Crippen LogP contribution in [0.1, 0.15) is 139 Å². The topological polar surface area (TPSA) is 299 Å². The number of benzene rings is 2. The smallest absolute Gasteiger partial charge is 0.248 e. The van der Waals surface area contributed by atoms with Gasteiger partial charge in [-0.05, 0) is 113 Å². The highest BCUT2D eigenvalue weighted by Gasteiger charge is 2.43. The van der Waals surface area contributed by atoms with E-state index in [9.17, 15) is 48.3 Å². The van der Waals surface area contributed by atoms with Crippen LogP contribution in [-0.4, -0.2) is 251 Å². The number of carbonyl (C=O) groups excluding carboxylic acids is 12. The van der Waals surface area contributed by atoms with E-state index in [0.29, 0.717) is 42.1 Å². The summed E-state index contributed by atoms with van der Waals surface area (Å²) in [6.45, 7) is 18.9. The zero-order valence-electron chi connectivity index (χ0n) is 59.9. The third-order valence-corrected chi connectivity index (χ3v) is 18.4. The van der Waals surface area contributed by atoms with Crippen LogP contribution < -0.4 is 21.3 Å². The zero-order chi connectivity index (χ0) is 72.3. The first-order chi connectivity index (χ1) is 44.9. The van der Waals surface area contributed by atoms with Crippen LogP contribution in [0.4, 0.5) is 0 Å². The van der Waals surface area contributed by atoms with Crippen LogP contribution in [0.3, 0.4) is 0 Å². The fraction of sp³-hybridized carbons (Fsp3) is 0.657. The molecule has 26 heteroatoms. The fourth-order valence-electron chi connectivity index (χ4n) is 12.1. The minimum absolute atomic E-state index is 0.0296. The molecule has 4 rings (SSSR count). The van der Waals surface area contributed by atoms with Crippen LogP contribution in [0, 0.1) is 23.7 Å². The third-order valence-electron chi connectivity index (χ3n) is 18.1. The number of hydrogen-bond donors (Lipinski definition) is 5. The molecule has 0 aromatic heterocycles. The highest BCUT2D eigenvalue weighted by atomic mass is 35.5. The van der Waals surface area contributed by atoms with Crippen molar-refractivity contribution in [3.05, 3.63) is 70.7 Å². The Hall–Kier alpha value is -7.67. The van der Waals surface area contributed by atoms with Crippen LogP contribution in [0.2, 0.25) is 5.02 Å². The van der Waals surface area contributed by atoms with E-state index in [-0.39, 0.29) is 62.2 Å². The lowest BCUT2D eigenvalue weighted by Gasteiger charge is -2.38. The maximum atomic E-state index is 15.3. The Morgan fingerprint density at radius 2 is 0.969 bits per heavy atom. The molecule has 11 atom stereocenters. The largest absolute Gasteiger partial charge is 0.391 e. The van der Waals surface area contributed by atoms with Crippen molar-refractivity contribution in [2.45, 2.75) is 207 Å². The summed E-state index contributed by atoms with van der Waals surface area (Å²) in [7, 11) is 9.66. The highest BCUT2D eigenvalue weighted by Crippen LogP contribution is 2.24. The average molecular weight is 1360 g/mol. The molecule has 2 fully saturated rings. The number of amides is 12. The van der Waals surface area contributed by atoms with E-state index in [1.807, 2.05) is 55.4 Å². The molecule has 2 aromatic carbocycles. The number of nitrogens with one attached hydrogen (secondary N) is 4. The molecule has 2 aliphatic heterocycles. The summed E-state index contributed by atoms with van der Waals surface area (Å²) in [5.41, 5.74) is 1.19. The lowest BCUT2D eigenvalue weighted by Crippen LogP contribution is -2.62. The van der Waals surface area contributed by atoms with E-state index in [2.05, 4.69) is 21.3 Å². The molecule has 2 saturated heterocycles. The van der Waals surface area contributed by atoms with Gasteiger partial charge in [0.25, 0.3) is 0 Å².